The predicted octanol–water partition coefficient (Wildman–Crippen LogP) is 2.81. The molecule has 0 saturated carbocycles. The molecule has 1 aliphatic carbocycles. The van der Waals surface area contributed by atoms with Crippen molar-refractivity contribution in [2.75, 3.05) is 6.61 Å². The molecule has 0 fully saturated rings. The minimum Gasteiger partial charge on any atom is -0.392 e. The molecular formula is C18H26O3. The largest absolute Gasteiger partial charge is 0.392 e. The number of aliphatic hydroxyl groups is 2. The van der Waals surface area contributed by atoms with Crippen LogP contribution in [-0.4, -0.2) is 28.7 Å². The number of fused-ring (bicyclic) bond motifs is 3. The van der Waals surface area contributed by atoms with Gasteiger partial charge in [-0.15, -0.1) is 0 Å². The fourth-order valence-electron chi connectivity index (χ4n) is 4.16. The van der Waals surface area contributed by atoms with Crippen LogP contribution in [-0.2, 0) is 4.74 Å². The summed E-state index contributed by atoms with van der Waals surface area (Å²) < 4.78 is 5.78. The van der Waals surface area contributed by atoms with Gasteiger partial charge in [0.05, 0.1) is 12.7 Å². The fraction of sp³-hybridized carbons (Fsp3) is 0.667. The van der Waals surface area contributed by atoms with E-state index in [0.717, 1.165) is 12.8 Å². The monoisotopic (exact) mass is 290 g/mol. The molecule has 0 amide bonds. The molecule has 0 aromatic heterocycles. The first-order valence-electron chi connectivity index (χ1n) is 8.03. The fourth-order valence-corrected chi connectivity index (χ4v) is 4.16. The lowest BCUT2D eigenvalue weighted by Gasteiger charge is -2.42. The van der Waals surface area contributed by atoms with Gasteiger partial charge in [0.1, 0.15) is 0 Å². The highest BCUT2D eigenvalue weighted by Gasteiger charge is 2.44. The smallest absolute Gasteiger partial charge is 0.211 e. The number of hydrogen-bond donors (Lipinski definition) is 2. The summed E-state index contributed by atoms with van der Waals surface area (Å²) in [7, 11) is 0. The molecule has 3 aliphatic rings. The molecule has 3 heteroatoms. The molecule has 2 aliphatic heterocycles. The molecule has 2 bridgehead atoms. The molecule has 3 rings (SSSR count). The maximum Gasteiger partial charge on any atom is 0.211 e. The van der Waals surface area contributed by atoms with Crippen LogP contribution in [0.1, 0.15) is 33.6 Å². The van der Waals surface area contributed by atoms with Crippen LogP contribution in [0.4, 0.5) is 0 Å². The van der Waals surface area contributed by atoms with Gasteiger partial charge in [-0.1, -0.05) is 37.6 Å². The quantitative estimate of drug-likeness (QED) is 0.769. The Morgan fingerprint density at radius 2 is 2.19 bits per heavy atom. The summed E-state index contributed by atoms with van der Waals surface area (Å²) >= 11 is 0. The van der Waals surface area contributed by atoms with Crippen LogP contribution >= 0.6 is 0 Å². The van der Waals surface area contributed by atoms with Gasteiger partial charge in [0.2, 0.25) is 5.79 Å². The van der Waals surface area contributed by atoms with Gasteiger partial charge < -0.3 is 14.9 Å². The molecule has 3 unspecified atom stereocenters. The lowest BCUT2D eigenvalue weighted by atomic mass is 9.66. The molecule has 3 nitrogen and oxygen atoms in total. The first-order valence-corrected chi connectivity index (χ1v) is 8.03. The number of hydrogen-bond acceptors (Lipinski definition) is 3. The molecule has 0 aromatic rings. The Balaban J connectivity index is 2.05. The third kappa shape index (κ3) is 2.52. The minimum atomic E-state index is -1.40. The highest BCUT2D eigenvalue weighted by Crippen LogP contribution is 2.46. The van der Waals surface area contributed by atoms with E-state index >= 15 is 0 Å². The summed E-state index contributed by atoms with van der Waals surface area (Å²) in [4.78, 5) is 0. The van der Waals surface area contributed by atoms with Crippen molar-refractivity contribution in [2.24, 2.45) is 23.7 Å². The zero-order chi connectivity index (χ0) is 15.2. The standard InChI is InChI=1S/C18H26O3/c1-11(2)15-5-4-12(3)16-9-14-6-7-18(20,21-14)13(10-19)8-17(15)16/h4,6-8,11,14-17,19-20H,5,9-10H2,1-3H3/b13-8-/t14?,15?,16-,17+,18?/m0/s1. The van der Waals surface area contributed by atoms with Crippen molar-refractivity contribution in [3.05, 3.63) is 35.5 Å². The molecule has 0 radical (unpaired) electrons. The summed E-state index contributed by atoms with van der Waals surface area (Å²) in [6.07, 6.45) is 10.0. The number of aliphatic hydroxyl groups excluding tert-OH is 1. The van der Waals surface area contributed by atoms with E-state index in [2.05, 4.69) is 32.9 Å². The van der Waals surface area contributed by atoms with Crippen molar-refractivity contribution in [2.45, 2.75) is 45.5 Å². The first-order chi connectivity index (χ1) is 9.94. The average Bonchev–Trinajstić information content (AvgIpc) is 2.81. The van der Waals surface area contributed by atoms with E-state index in [4.69, 9.17) is 4.74 Å². The SMILES string of the molecule is CC1=CCC(C(C)C)[C@H]2/C=C(/CO)C3(O)C=CC(C[C@@H]12)O3. The predicted molar refractivity (Wildman–Crippen MR) is 82.4 cm³/mol. The van der Waals surface area contributed by atoms with Gasteiger partial charge in [-0.3, -0.25) is 0 Å². The van der Waals surface area contributed by atoms with Crippen LogP contribution < -0.4 is 0 Å². The van der Waals surface area contributed by atoms with Crippen molar-refractivity contribution in [1.29, 1.82) is 0 Å². The summed E-state index contributed by atoms with van der Waals surface area (Å²) in [5.41, 5.74) is 2.01. The summed E-state index contributed by atoms with van der Waals surface area (Å²) in [5.74, 6) is 0.543. The van der Waals surface area contributed by atoms with E-state index in [0.29, 0.717) is 29.2 Å². The van der Waals surface area contributed by atoms with Crippen molar-refractivity contribution in [3.63, 3.8) is 0 Å². The zero-order valence-electron chi connectivity index (χ0n) is 13.1. The molecular weight excluding hydrogens is 264 g/mol. The van der Waals surface area contributed by atoms with Gasteiger partial charge >= 0.3 is 0 Å². The summed E-state index contributed by atoms with van der Waals surface area (Å²) in [5, 5.41) is 20.3. The van der Waals surface area contributed by atoms with Gasteiger partial charge in [0.25, 0.3) is 0 Å². The van der Waals surface area contributed by atoms with Crippen molar-refractivity contribution >= 4 is 0 Å². The normalized spacial score (nSPS) is 44.7. The molecule has 2 heterocycles. The molecule has 0 spiro atoms. The number of rotatable bonds is 2. The Bertz CT molecular complexity index is 503. The van der Waals surface area contributed by atoms with Gasteiger partial charge in [0.15, 0.2) is 0 Å². The Morgan fingerprint density at radius 3 is 2.86 bits per heavy atom. The highest BCUT2D eigenvalue weighted by molar-refractivity contribution is 5.30. The summed E-state index contributed by atoms with van der Waals surface area (Å²) in [6, 6.07) is 0. The van der Waals surface area contributed by atoms with Crippen LogP contribution in [0.2, 0.25) is 0 Å². The van der Waals surface area contributed by atoms with Crippen molar-refractivity contribution in [1.82, 2.24) is 0 Å². The third-order valence-electron chi connectivity index (χ3n) is 5.49. The third-order valence-corrected chi connectivity index (χ3v) is 5.49. The van der Waals surface area contributed by atoms with Crippen LogP contribution in [0.3, 0.4) is 0 Å². The van der Waals surface area contributed by atoms with Crippen LogP contribution in [0, 0.1) is 23.7 Å². The van der Waals surface area contributed by atoms with E-state index in [1.54, 1.807) is 6.08 Å². The topological polar surface area (TPSA) is 49.7 Å². The second-order valence-electron chi connectivity index (χ2n) is 7.07. The Labute approximate surface area is 127 Å². The Morgan fingerprint density at radius 1 is 1.43 bits per heavy atom. The number of allylic oxidation sites excluding steroid dienone is 3. The first kappa shape index (κ1) is 15.0. The molecule has 116 valence electrons. The lowest BCUT2D eigenvalue weighted by molar-refractivity contribution is -0.155. The van der Waals surface area contributed by atoms with Crippen LogP contribution in [0.5, 0.6) is 0 Å². The molecule has 5 atom stereocenters. The second kappa shape index (κ2) is 5.38. The van der Waals surface area contributed by atoms with E-state index in [1.165, 1.54) is 5.57 Å². The zero-order valence-corrected chi connectivity index (χ0v) is 13.1. The highest BCUT2D eigenvalue weighted by atomic mass is 16.6. The van der Waals surface area contributed by atoms with Gasteiger partial charge in [-0.2, -0.15) is 0 Å². The van der Waals surface area contributed by atoms with Crippen molar-refractivity contribution in [3.8, 4) is 0 Å². The average molecular weight is 290 g/mol. The molecule has 0 aromatic carbocycles. The maximum absolute atomic E-state index is 10.6. The van der Waals surface area contributed by atoms with Gasteiger partial charge in [0, 0.05) is 5.57 Å². The van der Waals surface area contributed by atoms with E-state index < -0.39 is 5.79 Å². The number of ether oxygens (including phenoxy) is 1. The summed E-state index contributed by atoms with van der Waals surface area (Å²) in [6.45, 7) is 6.57. The second-order valence-corrected chi connectivity index (χ2v) is 7.07. The van der Waals surface area contributed by atoms with Gasteiger partial charge in [-0.25, -0.2) is 0 Å². The Kier molecular flexibility index (Phi) is 3.85. The lowest BCUT2D eigenvalue weighted by Crippen LogP contribution is -2.40. The van der Waals surface area contributed by atoms with Gasteiger partial charge in [-0.05, 0) is 49.5 Å². The van der Waals surface area contributed by atoms with Crippen LogP contribution in [0.15, 0.2) is 35.5 Å². The molecule has 2 N–H and O–H groups in total. The van der Waals surface area contributed by atoms with Crippen LogP contribution in [0.25, 0.3) is 0 Å². The molecule has 21 heavy (non-hydrogen) atoms. The minimum absolute atomic E-state index is 0.0630. The van der Waals surface area contributed by atoms with Crippen molar-refractivity contribution < 1.29 is 14.9 Å². The van der Waals surface area contributed by atoms with E-state index in [1.807, 2.05) is 6.08 Å². The Hall–Kier alpha value is -0.900. The maximum atomic E-state index is 10.6. The molecule has 0 saturated heterocycles. The van der Waals surface area contributed by atoms with E-state index in [9.17, 15) is 10.2 Å². The van der Waals surface area contributed by atoms with E-state index in [-0.39, 0.29) is 12.7 Å².